The van der Waals surface area contributed by atoms with E-state index in [9.17, 15) is 8.78 Å². The highest BCUT2D eigenvalue weighted by Crippen LogP contribution is 2.38. The van der Waals surface area contributed by atoms with Gasteiger partial charge in [0, 0.05) is 11.1 Å². The van der Waals surface area contributed by atoms with Crippen LogP contribution in [0.15, 0.2) is 22.7 Å². The number of rotatable bonds is 2. The Morgan fingerprint density at radius 3 is 2.73 bits per heavy atom. The van der Waals surface area contributed by atoms with Gasteiger partial charge >= 0.3 is 0 Å². The first kappa shape index (κ1) is 16.8. The van der Waals surface area contributed by atoms with Crippen LogP contribution in [-0.2, 0) is 0 Å². The third-order valence-corrected chi connectivity index (χ3v) is 4.17. The van der Waals surface area contributed by atoms with E-state index in [2.05, 4.69) is 10.1 Å². The molecule has 2 atom stereocenters. The van der Waals surface area contributed by atoms with Gasteiger partial charge in [-0.15, -0.1) is 12.4 Å². The van der Waals surface area contributed by atoms with Gasteiger partial charge < -0.3 is 10.3 Å². The summed E-state index contributed by atoms with van der Waals surface area (Å²) in [6.45, 7) is 1.98. The van der Waals surface area contributed by atoms with Gasteiger partial charge in [-0.1, -0.05) is 18.0 Å². The Labute approximate surface area is 133 Å². The third-order valence-electron chi connectivity index (χ3n) is 4.17. The maximum absolute atomic E-state index is 13.3. The quantitative estimate of drug-likeness (QED) is 0.909. The minimum Gasteiger partial charge on any atom is -0.339 e. The van der Waals surface area contributed by atoms with Gasteiger partial charge in [0.1, 0.15) is 0 Å². The summed E-state index contributed by atoms with van der Waals surface area (Å²) in [5.41, 5.74) is 6.32. The molecule has 7 heteroatoms. The van der Waals surface area contributed by atoms with Crippen LogP contribution in [0.2, 0.25) is 0 Å². The van der Waals surface area contributed by atoms with Crippen molar-refractivity contribution in [2.75, 3.05) is 0 Å². The van der Waals surface area contributed by atoms with E-state index in [4.69, 9.17) is 10.3 Å². The molecule has 0 amide bonds. The molecule has 0 aliphatic heterocycles. The zero-order chi connectivity index (χ0) is 15.0. The largest absolute Gasteiger partial charge is 0.339 e. The minimum absolute atomic E-state index is 0. The minimum atomic E-state index is -0.930. The van der Waals surface area contributed by atoms with E-state index in [-0.39, 0.29) is 29.7 Å². The lowest BCUT2D eigenvalue weighted by Gasteiger charge is -2.35. The van der Waals surface area contributed by atoms with Crippen LogP contribution < -0.4 is 5.73 Å². The van der Waals surface area contributed by atoms with Crippen LogP contribution in [0.5, 0.6) is 0 Å². The lowest BCUT2D eigenvalue weighted by Crippen LogP contribution is -2.44. The number of benzene rings is 1. The maximum Gasteiger partial charge on any atom is 0.231 e. The first-order valence-corrected chi connectivity index (χ1v) is 7.05. The fourth-order valence-corrected chi connectivity index (χ4v) is 2.89. The molecule has 1 aliphatic carbocycles. The lowest BCUT2D eigenvalue weighted by molar-refractivity contribution is 0.223. The van der Waals surface area contributed by atoms with Gasteiger partial charge in [0.15, 0.2) is 11.6 Å². The summed E-state index contributed by atoms with van der Waals surface area (Å²) in [5, 5.41) is 3.87. The molecule has 2 unspecified atom stereocenters. The molecular formula is C15H18ClF2N3O. The second-order valence-corrected chi connectivity index (χ2v) is 5.89. The van der Waals surface area contributed by atoms with Crippen LogP contribution in [0.3, 0.4) is 0 Å². The SMILES string of the molecule is CC1(N)CCCCC1c1nc(-c2ccc(F)c(F)c2)no1.Cl. The van der Waals surface area contributed by atoms with Crippen molar-refractivity contribution in [2.45, 2.75) is 44.1 Å². The van der Waals surface area contributed by atoms with Gasteiger partial charge in [-0.3, -0.25) is 0 Å². The molecule has 1 fully saturated rings. The first-order chi connectivity index (χ1) is 9.97. The molecule has 1 saturated carbocycles. The Balaban J connectivity index is 0.00000176. The van der Waals surface area contributed by atoms with E-state index in [1.807, 2.05) is 6.92 Å². The average molecular weight is 330 g/mol. The zero-order valence-electron chi connectivity index (χ0n) is 12.2. The van der Waals surface area contributed by atoms with Crippen LogP contribution in [0.4, 0.5) is 8.78 Å². The number of hydrogen-bond donors (Lipinski definition) is 1. The highest BCUT2D eigenvalue weighted by molar-refractivity contribution is 5.85. The zero-order valence-corrected chi connectivity index (χ0v) is 13.0. The second-order valence-electron chi connectivity index (χ2n) is 5.89. The topological polar surface area (TPSA) is 64.9 Å². The normalized spacial score (nSPS) is 24.8. The van der Waals surface area contributed by atoms with Crippen molar-refractivity contribution in [3.63, 3.8) is 0 Å². The van der Waals surface area contributed by atoms with E-state index in [0.29, 0.717) is 11.5 Å². The smallest absolute Gasteiger partial charge is 0.231 e. The molecule has 22 heavy (non-hydrogen) atoms. The Kier molecular flexibility index (Phi) is 4.82. The van der Waals surface area contributed by atoms with Crippen LogP contribution in [0.25, 0.3) is 11.4 Å². The number of nitrogens with zero attached hydrogens (tertiary/aromatic N) is 2. The molecule has 0 saturated heterocycles. The van der Waals surface area contributed by atoms with E-state index in [0.717, 1.165) is 37.8 Å². The molecule has 0 bridgehead atoms. The van der Waals surface area contributed by atoms with Crippen molar-refractivity contribution in [1.82, 2.24) is 10.1 Å². The molecule has 0 radical (unpaired) electrons. The van der Waals surface area contributed by atoms with Crippen molar-refractivity contribution in [3.05, 3.63) is 35.7 Å². The van der Waals surface area contributed by atoms with Crippen LogP contribution >= 0.6 is 12.4 Å². The fraction of sp³-hybridized carbons (Fsp3) is 0.467. The van der Waals surface area contributed by atoms with Crippen molar-refractivity contribution in [1.29, 1.82) is 0 Å². The third kappa shape index (κ3) is 3.13. The second kappa shape index (κ2) is 6.30. The van der Waals surface area contributed by atoms with Gasteiger partial charge in [-0.05, 0) is 38.0 Å². The predicted molar refractivity (Wildman–Crippen MR) is 80.7 cm³/mol. The van der Waals surface area contributed by atoms with Crippen LogP contribution in [0.1, 0.15) is 44.4 Å². The Morgan fingerprint density at radius 2 is 2.05 bits per heavy atom. The highest BCUT2D eigenvalue weighted by atomic mass is 35.5. The van der Waals surface area contributed by atoms with E-state index < -0.39 is 11.6 Å². The summed E-state index contributed by atoms with van der Waals surface area (Å²) in [6.07, 6.45) is 3.96. The summed E-state index contributed by atoms with van der Waals surface area (Å²) in [4.78, 5) is 4.32. The molecule has 0 spiro atoms. The van der Waals surface area contributed by atoms with Crippen molar-refractivity contribution in [2.24, 2.45) is 5.73 Å². The number of aromatic nitrogens is 2. The Bertz CT molecular complexity index is 660. The van der Waals surface area contributed by atoms with Gasteiger partial charge in [-0.2, -0.15) is 4.98 Å². The summed E-state index contributed by atoms with van der Waals surface area (Å²) >= 11 is 0. The number of halogens is 3. The summed E-state index contributed by atoms with van der Waals surface area (Å²) in [6, 6.07) is 3.54. The van der Waals surface area contributed by atoms with E-state index >= 15 is 0 Å². The predicted octanol–water partition coefficient (Wildman–Crippen LogP) is 3.81. The molecule has 1 heterocycles. The maximum atomic E-state index is 13.3. The van der Waals surface area contributed by atoms with Gasteiger partial charge in [0.2, 0.25) is 11.7 Å². The monoisotopic (exact) mass is 329 g/mol. The van der Waals surface area contributed by atoms with Crippen LogP contribution in [0, 0.1) is 11.6 Å². The van der Waals surface area contributed by atoms with Crippen molar-refractivity contribution < 1.29 is 13.3 Å². The molecule has 4 nitrogen and oxygen atoms in total. The molecule has 1 aromatic heterocycles. The summed E-state index contributed by atoms with van der Waals surface area (Å²) in [5.74, 6) is -1.10. The highest BCUT2D eigenvalue weighted by Gasteiger charge is 2.37. The standard InChI is InChI=1S/C15H17F2N3O.ClH/c1-15(18)7-3-2-4-10(15)14-19-13(20-21-14)9-5-6-11(16)12(17)8-9;/h5-6,8,10H,2-4,7,18H2,1H3;1H. The Morgan fingerprint density at radius 1 is 1.27 bits per heavy atom. The molecule has 3 rings (SSSR count). The van der Waals surface area contributed by atoms with E-state index in [1.54, 1.807) is 0 Å². The van der Waals surface area contributed by atoms with Crippen molar-refractivity contribution >= 4 is 12.4 Å². The molecule has 2 aromatic rings. The van der Waals surface area contributed by atoms with E-state index in [1.165, 1.54) is 6.07 Å². The first-order valence-electron chi connectivity index (χ1n) is 7.05. The molecular weight excluding hydrogens is 312 g/mol. The summed E-state index contributed by atoms with van der Waals surface area (Å²) in [7, 11) is 0. The number of nitrogens with two attached hydrogens (primary N) is 1. The Hall–Kier alpha value is -1.53. The van der Waals surface area contributed by atoms with Crippen molar-refractivity contribution in [3.8, 4) is 11.4 Å². The molecule has 1 aromatic carbocycles. The average Bonchev–Trinajstić information content (AvgIpc) is 2.91. The summed E-state index contributed by atoms with van der Waals surface area (Å²) < 4.78 is 31.5. The van der Waals surface area contributed by atoms with Gasteiger partial charge in [0.05, 0.1) is 5.92 Å². The molecule has 1 aliphatic rings. The molecule has 2 N–H and O–H groups in total. The lowest BCUT2D eigenvalue weighted by atomic mass is 9.74. The molecule has 120 valence electrons. The van der Waals surface area contributed by atoms with Gasteiger partial charge in [0.25, 0.3) is 0 Å². The van der Waals surface area contributed by atoms with Crippen LogP contribution in [-0.4, -0.2) is 15.7 Å². The fourth-order valence-electron chi connectivity index (χ4n) is 2.89. The van der Waals surface area contributed by atoms with Gasteiger partial charge in [-0.25, -0.2) is 8.78 Å². The number of hydrogen-bond acceptors (Lipinski definition) is 4.